The molecule has 0 spiro atoms. The zero-order valence-electron chi connectivity index (χ0n) is 9.83. The molecule has 0 radical (unpaired) electrons. The Bertz CT molecular complexity index is 440. The second-order valence-corrected chi connectivity index (χ2v) is 3.90. The van der Waals surface area contributed by atoms with E-state index in [0.717, 1.165) is 0 Å². The van der Waals surface area contributed by atoms with E-state index in [9.17, 15) is 9.90 Å². The van der Waals surface area contributed by atoms with E-state index in [2.05, 4.69) is 0 Å². The molecule has 1 aromatic carbocycles. The number of hydrogen-bond acceptors (Lipinski definition) is 5. The number of para-hydroxylation sites is 1. The van der Waals surface area contributed by atoms with Gasteiger partial charge in [-0.15, -0.1) is 0 Å². The first kappa shape index (κ1) is 12.7. The van der Waals surface area contributed by atoms with Crippen LogP contribution in [0.25, 0.3) is 0 Å². The zero-order valence-corrected chi connectivity index (χ0v) is 9.83. The van der Waals surface area contributed by atoms with Crippen LogP contribution in [0.4, 0.5) is 0 Å². The number of hydrogen-bond donors (Lipinski definition) is 2. The molecule has 0 aliphatic carbocycles. The van der Waals surface area contributed by atoms with Crippen LogP contribution < -0.4 is 9.47 Å². The Labute approximate surface area is 104 Å². The maximum Gasteiger partial charge on any atom is 0.337 e. The third-order valence-electron chi connectivity index (χ3n) is 2.65. The number of rotatable bonds is 5. The second kappa shape index (κ2) is 5.24. The van der Waals surface area contributed by atoms with Crippen LogP contribution in [0, 0.1) is 0 Å². The molecule has 1 heterocycles. The number of methoxy groups -OCH3 is 1. The lowest BCUT2D eigenvalue weighted by Crippen LogP contribution is -2.39. The lowest BCUT2D eigenvalue weighted by molar-refractivity contribution is -0.147. The molecule has 0 saturated carbocycles. The number of carbonyl (C=O) groups is 1. The fourth-order valence-electron chi connectivity index (χ4n) is 1.62. The second-order valence-electron chi connectivity index (χ2n) is 3.90. The van der Waals surface area contributed by atoms with Crippen molar-refractivity contribution >= 4 is 5.97 Å². The van der Waals surface area contributed by atoms with Crippen LogP contribution >= 0.6 is 0 Å². The van der Waals surface area contributed by atoms with Gasteiger partial charge >= 0.3 is 5.97 Å². The summed E-state index contributed by atoms with van der Waals surface area (Å²) in [6, 6.07) is 4.74. The van der Waals surface area contributed by atoms with Gasteiger partial charge in [0.05, 0.1) is 20.3 Å². The molecule has 0 amide bonds. The molecule has 1 fully saturated rings. The van der Waals surface area contributed by atoms with Gasteiger partial charge < -0.3 is 24.4 Å². The maximum atomic E-state index is 10.8. The smallest absolute Gasteiger partial charge is 0.337 e. The van der Waals surface area contributed by atoms with Crippen LogP contribution in [0.15, 0.2) is 18.2 Å². The molecule has 1 aliphatic rings. The quantitative estimate of drug-likeness (QED) is 0.800. The number of carboxylic acids is 1. The van der Waals surface area contributed by atoms with Crippen LogP contribution in [0.5, 0.6) is 11.5 Å². The van der Waals surface area contributed by atoms with E-state index in [4.69, 9.17) is 19.3 Å². The molecule has 18 heavy (non-hydrogen) atoms. The molecular weight excluding hydrogens is 240 g/mol. The van der Waals surface area contributed by atoms with Crippen molar-refractivity contribution in [2.75, 3.05) is 20.3 Å². The van der Waals surface area contributed by atoms with Crippen LogP contribution in [-0.4, -0.2) is 42.6 Å². The van der Waals surface area contributed by atoms with Crippen molar-refractivity contribution in [3.05, 3.63) is 23.8 Å². The molecule has 2 N–H and O–H groups in total. The molecule has 0 aromatic heterocycles. The van der Waals surface area contributed by atoms with E-state index < -0.39 is 12.1 Å². The summed E-state index contributed by atoms with van der Waals surface area (Å²) in [6.07, 6.45) is -1.78. The number of benzene rings is 1. The van der Waals surface area contributed by atoms with Crippen LogP contribution in [-0.2, 0) is 9.53 Å². The lowest BCUT2D eigenvalue weighted by atomic mass is 10.1. The third-order valence-corrected chi connectivity index (χ3v) is 2.65. The number of aliphatic carboxylic acids is 1. The highest BCUT2D eigenvalue weighted by molar-refractivity contribution is 5.75. The van der Waals surface area contributed by atoms with Gasteiger partial charge in [-0.05, 0) is 6.07 Å². The van der Waals surface area contributed by atoms with Gasteiger partial charge in [0.15, 0.2) is 17.6 Å². The Kier molecular flexibility index (Phi) is 3.69. The molecule has 2 rings (SSSR count). The molecular formula is C12H14O6. The maximum absolute atomic E-state index is 10.8. The fraction of sp³-hybridized carbons (Fsp3) is 0.417. The number of ether oxygens (including phenoxy) is 3. The Morgan fingerprint density at radius 1 is 1.50 bits per heavy atom. The first-order valence-corrected chi connectivity index (χ1v) is 5.45. The van der Waals surface area contributed by atoms with Crippen molar-refractivity contribution in [3.63, 3.8) is 0 Å². The van der Waals surface area contributed by atoms with Crippen molar-refractivity contribution in [2.45, 2.75) is 12.2 Å². The predicted molar refractivity (Wildman–Crippen MR) is 60.8 cm³/mol. The van der Waals surface area contributed by atoms with Gasteiger partial charge in [0.25, 0.3) is 0 Å². The molecule has 1 aliphatic heterocycles. The summed E-state index contributed by atoms with van der Waals surface area (Å²) in [4.78, 5) is 10.8. The molecule has 98 valence electrons. The van der Waals surface area contributed by atoms with Crippen molar-refractivity contribution in [1.29, 1.82) is 0 Å². The van der Waals surface area contributed by atoms with Crippen molar-refractivity contribution < 1.29 is 29.2 Å². The molecule has 1 unspecified atom stereocenters. The van der Waals surface area contributed by atoms with E-state index >= 15 is 0 Å². The van der Waals surface area contributed by atoms with Gasteiger partial charge in [-0.3, -0.25) is 0 Å². The Morgan fingerprint density at radius 2 is 2.22 bits per heavy atom. The molecule has 6 heteroatoms. The summed E-state index contributed by atoms with van der Waals surface area (Å²) < 4.78 is 15.7. The van der Waals surface area contributed by atoms with Gasteiger partial charge in [-0.2, -0.15) is 0 Å². The average Bonchev–Trinajstić information content (AvgIpc) is 2.32. The summed E-state index contributed by atoms with van der Waals surface area (Å²) in [5.74, 6) is -0.694. The highest BCUT2D eigenvalue weighted by Gasteiger charge is 2.27. The summed E-state index contributed by atoms with van der Waals surface area (Å²) >= 11 is 0. The Hall–Kier alpha value is -1.79. The minimum Gasteiger partial charge on any atom is -0.493 e. The minimum atomic E-state index is -1.64. The lowest BCUT2D eigenvalue weighted by Gasteiger charge is -2.28. The average molecular weight is 254 g/mol. The number of aliphatic hydroxyl groups excluding tert-OH is 1. The normalized spacial score (nSPS) is 16.8. The molecule has 6 nitrogen and oxygen atoms in total. The summed E-state index contributed by atoms with van der Waals surface area (Å²) in [5.41, 5.74) is 0.175. The summed E-state index contributed by atoms with van der Waals surface area (Å²) in [7, 11) is 1.45. The number of carboxylic acid groups (broad SMARTS) is 1. The molecule has 1 atom stereocenters. The summed E-state index contributed by atoms with van der Waals surface area (Å²) in [5, 5.41) is 18.5. The Balaban J connectivity index is 2.33. The van der Waals surface area contributed by atoms with Gasteiger partial charge in [-0.25, -0.2) is 4.79 Å². The zero-order chi connectivity index (χ0) is 13.1. The standard InChI is InChI=1S/C12H14O6/c1-16-9-4-2-3-8(10(13)12(14)15)11(9)18-7-5-17-6-7/h2-4,7,10,13H,5-6H2,1H3,(H,14,15). The van der Waals surface area contributed by atoms with Crippen molar-refractivity contribution in [3.8, 4) is 11.5 Å². The Morgan fingerprint density at radius 3 is 2.72 bits per heavy atom. The SMILES string of the molecule is COc1cccc(C(O)C(=O)O)c1OC1COC1. The van der Waals surface area contributed by atoms with Gasteiger partial charge in [-0.1, -0.05) is 12.1 Å². The molecule has 1 aromatic rings. The van der Waals surface area contributed by atoms with Crippen LogP contribution in [0.1, 0.15) is 11.7 Å². The molecule has 0 bridgehead atoms. The van der Waals surface area contributed by atoms with Crippen LogP contribution in [0.2, 0.25) is 0 Å². The predicted octanol–water partition coefficient (Wildman–Crippen LogP) is 0.591. The fourth-order valence-corrected chi connectivity index (χ4v) is 1.62. The minimum absolute atomic E-state index is 0.138. The van der Waals surface area contributed by atoms with Gasteiger partial charge in [0, 0.05) is 5.56 Å². The molecule has 1 saturated heterocycles. The van der Waals surface area contributed by atoms with Crippen molar-refractivity contribution in [1.82, 2.24) is 0 Å². The van der Waals surface area contributed by atoms with Gasteiger partial charge in [0.1, 0.15) is 6.10 Å². The highest BCUT2D eigenvalue weighted by Crippen LogP contribution is 2.36. The largest absolute Gasteiger partial charge is 0.493 e. The van der Waals surface area contributed by atoms with E-state index in [1.54, 1.807) is 12.1 Å². The van der Waals surface area contributed by atoms with Crippen molar-refractivity contribution in [2.24, 2.45) is 0 Å². The van der Waals surface area contributed by atoms with Crippen LogP contribution in [0.3, 0.4) is 0 Å². The summed E-state index contributed by atoms with van der Waals surface area (Å²) in [6.45, 7) is 0.890. The first-order chi connectivity index (χ1) is 8.63. The monoisotopic (exact) mass is 254 g/mol. The first-order valence-electron chi connectivity index (χ1n) is 5.45. The topological polar surface area (TPSA) is 85.2 Å². The van der Waals surface area contributed by atoms with E-state index in [0.29, 0.717) is 19.0 Å². The van der Waals surface area contributed by atoms with E-state index in [1.807, 2.05) is 0 Å². The highest BCUT2D eigenvalue weighted by atomic mass is 16.6. The van der Waals surface area contributed by atoms with E-state index in [-0.39, 0.29) is 17.4 Å². The number of aliphatic hydroxyl groups is 1. The van der Waals surface area contributed by atoms with Gasteiger partial charge in [0.2, 0.25) is 0 Å². The van der Waals surface area contributed by atoms with E-state index in [1.165, 1.54) is 13.2 Å². The third kappa shape index (κ3) is 2.39.